The van der Waals surface area contributed by atoms with E-state index in [0.717, 1.165) is 12.8 Å². The topological polar surface area (TPSA) is 55.4 Å². The Morgan fingerprint density at radius 3 is 2.35 bits per heavy atom. The van der Waals surface area contributed by atoms with E-state index in [1.54, 1.807) is 33.8 Å². The Hall–Kier alpha value is -1.32. The van der Waals surface area contributed by atoms with Gasteiger partial charge in [-0.15, -0.1) is 0 Å². The molecule has 0 bridgehead atoms. The molecule has 0 aromatic heterocycles. The number of ketones is 1. The number of hydrogen-bond donors (Lipinski definition) is 1. The molecular formula is C13H21NO3. The molecule has 0 saturated heterocycles. The summed E-state index contributed by atoms with van der Waals surface area (Å²) in [5.74, 6) is 0.215. The highest BCUT2D eigenvalue weighted by Crippen LogP contribution is 2.33. The van der Waals surface area contributed by atoms with Crippen molar-refractivity contribution in [3.63, 3.8) is 0 Å². The molecule has 0 spiro atoms. The fourth-order valence-corrected chi connectivity index (χ4v) is 1.55. The summed E-state index contributed by atoms with van der Waals surface area (Å²) in [4.78, 5) is 23.4. The molecule has 1 rings (SSSR count). The van der Waals surface area contributed by atoms with Crippen molar-refractivity contribution in [2.24, 2.45) is 5.92 Å². The van der Waals surface area contributed by atoms with Gasteiger partial charge >= 0.3 is 6.09 Å². The van der Waals surface area contributed by atoms with Crippen molar-refractivity contribution in [1.82, 2.24) is 5.32 Å². The van der Waals surface area contributed by atoms with Gasteiger partial charge in [-0.1, -0.05) is 6.08 Å². The van der Waals surface area contributed by atoms with E-state index in [0.29, 0.717) is 0 Å². The lowest BCUT2D eigenvalue weighted by Crippen LogP contribution is -2.44. The van der Waals surface area contributed by atoms with E-state index in [4.69, 9.17) is 4.74 Å². The fraction of sp³-hybridized carbons (Fsp3) is 0.692. The smallest absolute Gasteiger partial charge is 0.408 e. The number of carbonyl (C=O) groups excluding carboxylic acids is 2. The normalized spacial score (nSPS) is 17.9. The van der Waals surface area contributed by atoms with Gasteiger partial charge in [0.15, 0.2) is 5.78 Å². The minimum absolute atomic E-state index is 0.0548. The average Bonchev–Trinajstić information content (AvgIpc) is 2.94. The maximum atomic E-state index is 11.8. The molecule has 0 aliphatic heterocycles. The van der Waals surface area contributed by atoms with E-state index in [1.165, 1.54) is 6.08 Å². The Morgan fingerprint density at radius 1 is 1.35 bits per heavy atom. The number of hydrogen-bond acceptors (Lipinski definition) is 3. The summed E-state index contributed by atoms with van der Waals surface area (Å²) >= 11 is 0. The zero-order valence-electron chi connectivity index (χ0n) is 10.9. The molecule has 1 unspecified atom stereocenters. The van der Waals surface area contributed by atoms with Gasteiger partial charge in [0, 0.05) is 0 Å². The Bertz CT molecular complexity index is 324. The first-order valence-corrected chi connectivity index (χ1v) is 5.99. The highest BCUT2D eigenvalue weighted by Gasteiger charge is 2.36. The lowest BCUT2D eigenvalue weighted by atomic mass is 10.1. The van der Waals surface area contributed by atoms with E-state index in [9.17, 15) is 9.59 Å². The highest BCUT2D eigenvalue weighted by atomic mass is 16.6. The summed E-state index contributed by atoms with van der Waals surface area (Å²) in [6, 6.07) is -0.430. The second kappa shape index (κ2) is 5.34. The molecule has 0 radical (unpaired) electrons. The summed E-state index contributed by atoms with van der Waals surface area (Å²) in [5.41, 5.74) is -0.540. The quantitative estimate of drug-likeness (QED) is 0.766. The van der Waals surface area contributed by atoms with Crippen LogP contribution in [-0.4, -0.2) is 23.5 Å². The van der Waals surface area contributed by atoms with Gasteiger partial charge in [-0.2, -0.15) is 0 Å². The minimum Gasteiger partial charge on any atom is -0.444 e. The minimum atomic E-state index is -0.540. The Morgan fingerprint density at radius 2 is 1.94 bits per heavy atom. The molecule has 1 atom stereocenters. The average molecular weight is 239 g/mol. The van der Waals surface area contributed by atoms with Crippen LogP contribution >= 0.6 is 0 Å². The molecule has 1 aliphatic rings. The summed E-state index contributed by atoms with van der Waals surface area (Å²) < 4.78 is 5.15. The standard InChI is InChI=1S/C13H21NO3/c1-5-6-10(15)11(9-7-8-9)14-12(16)17-13(2,3)4/h5-6,9,11H,7-8H2,1-4H3,(H,14,16)/b6-5+. The van der Waals surface area contributed by atoms with Crippen LogP contribution in [0, 0.1) is 5.92 Å². The van der Waals surface area contributed by atoms with Gasteiger partial charge < -0.3 is 10.1 Å². The van der Waals surface area contributed by atoms with Crippen molar-refractivity contribution in [3.8, 4) is 0 Å². The molecule has 4 nitrogen and oxygen atoms in total. The first kappa shape index (κ1) is 13.7. The van der Waals surface area contributed by atoms with Crippen molar-refractivity contribution in [1.29, 1.82) is 0 Å². The van der Waals surface area contributed by atoms with Crippen molar-refractivity contribution < 1.29 is 14.3 Å². The van der Waals surface area contributed by atoms with E-state index in [2.05, 4.69) is 5.32 Å². The molecule has 1 fully saturated rings. The van der Waals surface area contributed by atoms with Crippen LogP contribution in [0.5, 0.6) is 0 Å². The largest absolute Gasteiger partial charge is 0.444 e. The maximum Gasteiger partial charge on any atom is 0.408 e. The van der Waals surface area contributed by atoms with Crippen LogP contribution < -0.4 is 5.32 Å². The zero-order valence-corrected chi connectivity index (χ0v) is 10.9. The summed E-state index contributed by atoms with van der Waals surface area (Å²) in [7, 11) is 0. The SMILES string of the molecule is C/C=C/C(=O)C(NC(=O)OC(C)(C)C)C1CC1. The van der Waals surface area contributed by atoms with Crippen LogP contribution in [0.15, 0.2) is 12.2 Å². The van der Waals surface area contributed by atoms with Crippen LogP contribution in [0.3, 0.4) is 0 Å². The van der Waals surface area contributed by atoms with Gasteiger partial charge in [0.25, 0.3) is 0 Å². The number of carbonyl (C=O) groups is 2. The second-order valence-electron chi connectivity index (χ2n) is 5.36. The maximum absolute atomic E-state index is 11.8. The Kier molecular flexibility index (Phi) is 4.32. The predicted molar refractivity (Wildman–Crippen MR) is 65.7 cm³/mol. The summed E-state index contributed by atoms with van der Waals surface area (Å²) in [5, 5.41) is 2.66. The number of rotatable bonds is 4. The van der Waals surface area contributed by atoms with Gasteiger partial charge in [-0.25, -0.2) is 4.79 Å². The van der Waals surface area contributed by atoms with E-state index >= 15 is 0 Å². The first-order chi connectivity index (χ1) is 7.83. The molecular weight excluding hydrogens is 218 g/mol. The Labute approximate surface area is 102 Å². The lowest BCUT2D eigenvalue weighted by molar-refractivity contribution is -0.117. The van der Waals surface area contributed by atoms with Gasteiger partial charge in [-0.05, 0) is 52.5 Å². The van der Waals surface area contributed by atoms with Crippen LogP contribution in [0.2, 0.25) is 0 Å². The number of alkyl carbamates (subject to hydrolysis) is 1. The molecule has 0 aromatic carbocycles. The molecule has 1 aliphatic carbocycles. The summed E-state index contributed by atoms with van der Waals surface area (Å²) in [6.07, 6.45) is 4.65. The van der Waals surface area contributed by atoms with Crippen molar-refractivity contribution in [3.05, 3.63) is 12.2 Å². The Balaban J connectivity index is 2.55. The van der Waals surface area contributed by atoms with Gasteiger partial charge in [0.2, 0.25) is 0 Å². The molecule has 0 aromatic rings. The number of allylic oxidation sites excluding steroid dienone is 1. The third-order valence-corrected chi connectivity index (χ3v) is 2.40. The van der Waals surface area contributed by atoms with E-state index in [1.807, 2.05) is 0 Å². The zero-order chi connectivity index (χ0) is 13.1. The van der Waals surface area contributed by atoms with Gasteiger partial charge in [-0.3, -0.25) is 4.79 Å². The molecule has 1 N–H and O–H groups in total. The molecule has 1 saturated carbocycles. The number of ether oxygens (including phenoxy) is 1. The second-order valence-corrected chi connectivity index (χ2v) is 5.36. The van der Waals surface area contributed by atoms with E-state index in [-0.39, 0.29) is 11.7 Å². The van der Waals surface area contributed by atoms with E-state index < -0.39 is 17.7 Å². The predicted octanol–water partition coefficient (Wildman–Crippen LogP) is 2.43. The van der Waals surface area contributed by atoms with Crippen molar-refractivity contribution in [2.45, 2.75) is 52.2 Å². The fourth-order valence-electron chi connectivity index (χ4n) is 1.55. The molecule has 1 amide bonds. The lowest BCUT2D eigenvalue weighted by Gasteiger charge is -2.22. The first-order valence-electron chi connectivity index (χ1n) is 5.99. The van der Waals surface area contributed by atoms with Crippen LogP contribution in [0.25, 0.3) is 0 Å². The van der Waals surface area contributed by atoms with Crippen molar-refractivity contribution >= 4 is 11.9 Å². The monoisotopic (exact) mass is 239 g/mol. The van der Waals surface area contributed by atoms with Crippen molar-refractivity contribution in [2.75, 3.05) is 0 Å². The third kappa shape index (κ3) is 5.02. The summed E-state index contributed by atoms with van der Waals surface area (Å²) in [6.45, 7) is 7.18. The number of nitrogens with one attached hydrogen (secondary N) is 1. The third-order valence-electron chi connectivity index (χ3n) is 2.40. The molecule has 0 heterocycles. The van der Waals surface area contributed by atoms with Crippen LogP contribution in [0.1, 0.15) is 40.5 Å². The highest BCUT2D eigenvalue weighted by molar-refractivity contribution is 5.96. The van der Waals surface area contributed by atoms with Gasteiger partial charge in [0.1, 0.15) is 5.60 Å². The number of amides is 1. The van der Waals surface area contributed by atoms with Crippen LogP contribution in [0.4, 0.5) is 4.79 Å². The van der Waals surface area contributed by atoms with Crippen LogP contribution in [-0.2, 0) is 9.53 Å². The van der Waals surface area contributed by atoms with Gasteiger partial charge in [0.05, 0.1) is 6.04 Å². The molecule has 17 heavy (non-hydrogen) atoms. The molecule has 4 heteroatoms. The molecule has 96 valence electrons.